The first-order valence-electron chi connectivity index (χ1n) is 4.07. The van der Waals surface area contributed by atoms with Crippen LogP contribution in [0.15, 0.2) is 29.3 Å². The Bertz CT molecular complexity index is 277. The highest BCUT2D eigenvalue weighted by Gasteiger charge is 1.89. The van der Waals surface area contributed by atoms with Crippen LogP contribution in [0, 0.1) is 0 Å². The van der Waals surface area contributed by atoms with E-state index in [0.717, 1.165) is 11.3 Å². The minimum atomic E-state index is 0.339. The zero-order valence-electron chi connectivity index (χ0n) is 7.49. The molecule has 2 heteroatoms. The van der Waals surface area contributed by atoms with Gasteiger partial charge in [0, 0.05) is 17.9 Å². The van der Waals surface area contributed by atoms with Gasteiger partial charge in [-0.15, -0.1) is 0 Å². The zero-order valence-corrected chi connectivity index (χ0v) is 7.49. The highest BCUT2D eigenvalue weighted by molar-refractivity contribution is 5.81. The lowest BCUT2D eigenvalue weighted by atomic mass is 10.2. The molecule has 0 aliphatic rings. The lowest BCUT2D eigenvalue weighted by Gasteiger charge is -1.96. The Morgan fingerprint density at radius 1 is 1.42 bits per heavy atom. The van der Waals surface area contributed by atoms with Crippen molar-refractivity contribution >= 4 is 11.9 Å². The molecule has 12 heavy (non-hydrogen) atoms. The van der Waals surface area contributed by atoms with Crippen LogP contribution in [0.5, 0.6) is 0 Å². The second kappa shape index (κ2) is 3.90. The number of nitrogens with two attached hydrogens (primary N) is 1. The van der Waals surface area contributed by atoms with Crippen LogP contribution in [0.4, 0.5) is 5.69 Å². The van der Waals surface area contributed by atoms with Crippen LogP contribution in [0.3, 0.4) is 0 Å². The molecule has 1 aromatic carbocycles. The van der Waals surface area contributed by atoms with Gasteiger partial charge in [-0.25, -0.2) is 0 Å². The molecule has 0 aliphatic carbocycles. The van der Waals surface area contributed by atoms with Gasteiger partial charge in [-0.05, 0) is 31.5 Å². The van der Waals surface area contributed by atoms with Gasteiger partial charge >= 0.3 is 0 Å². The standard InChI is InChI=1S/C10H14N2/c1-8(2)12-7-9-4-3-5-10(11)6-9/h3-8H,11H2,1-2H3. The van der Waals surface area contributed by atoms with Crippen LogP contribution in [0.1, 0.15) is 19.4 Å². The summed E-state index contributed by atoms with van der Waals surface area (Å²) in [5.41, 5.74) is 7.44. The molecular weight excluding hydrogens is 148 g/mol. The van der Waals surface area contributed by atoms with Gasteiger partial charge in [-0.3, -0.25) is 4.99 Å². The third-order valence-electron chi connectivity index (χ3n) is 1.43. The van der Waals surface area contributed by atoms with Crippen LogP contribution in [-0.4, -0.2) is 12.3 Å². The van der Waals surface area contributed by atoms with Crippen molar-refractivity contribution in [2.45, 2.75) is 19.9 Å². The Labute approximate surface area is 73.1 Å². The quantitative estimate of drug-likeness (QED) is 0.525. The molecule has 0 heterocycles. The van der Waals surface area contributed by atoms with E-state index < -0.39 is 0 Å². The minimum Gasteiger partial charge on any atom is -0.399 e. The summed E-state index contributed by atoms with van der Waals surface area (Å²) in [6, 6.07) is 8.03. The van der Waals surface area contributed by atoms with Crippen molar-refractivity contribution in [1.82, 2.24) is 0 Å². The normalized spacial score (nSPS) is 11.2. The largest absolute Gasteiger partial charge is 0.399 e. The summed E-state index contributed by atoms with van der Waals surface area (Å²) in [6.07, 6.45) is 1.85. The van der Waals surface area contributed by atoms with Crippen LogP contribution >= 0.6 is 0 Å². The van der Waals surface area contributed by atoms with E-state index in [4.69, 9.17) is 5.73 Å². The predicted molar refractivity (Wildman–Crippen MR) is 53.6 cm³/mol. The summed E-state index contributed by atoms with van der Waals surface area (Å²) in [5, 5.41) is 0. The Morgan fingerprint density at radius 2 is 2.17 bits per heavy atom. The van der Waals surface area contributed by atoms with Crippen molar-refractivity contribution in [2.24, 2.45) is 4.99 Å². The number of nitrogen functional groups attached to an aromatic ring is 1. The van der Waals surface area contributed by atoms with E-state index in [1.165, 1.54) is 0 Å². The maximum absolute atomic E-state index is 5.60. The molecule has 0 saturated heterocycles. The van der Waals surface area contributed by atoms with E-state index in [9.17, 15) is 0 Å². The molecule has 1 rings (SSSR count). The lowest BCUT2D eigenvalue weighted by molar-refractivity contribution is 0.841. The topological polar surface area (TPSA) is 38.4 Å². The molecule has 0 amide bonds. The summed E-state index contributed by atoms with van der Waals surface area (Å²) in [6.45, 7) is 4.09. The van der Waals surface area contributed by atoms with E-state index in [0.29, 0.717) is 6.04 Å². The number of rotatable bonds is 2. The van der Waals surface area contributed by atoms with E-state index in [-0.39, 0.29) is 0 Å². The first-order valence-corrected chi connectivity index (χ1v) is 4.07. The van der Waals surface area contributed by atoms with Crippen molar-refractivity contribution in [3.63, 3.8) is 0 Å². The van der Waals surface area contributed by atoms with Crippen molar-refractivity contribution in [2.75, 3.05) is 5.73 Å². The molecule has 0 aromatic heterocycles. The average molecular weight is 162 g/mol. The van der Waals surface area contributed by atoms with E-state index in [1.54, 1.807) is 0 Å². The Morgan fingerprint density at radius 3 is 2.75 bits per heavy atom. The fraction of sp³-hybridized carbons (Fsp3) is 0.300. The number of benzene rings is 1. The first-order chi connectivity index (χ1) is 5.68. The van der Waals surface area contributed by atoms with Crippen LogP contribution in [0.25, 0.3) is 0 Å². The fourth-order valence-electron chi connectivity index (χ4n) is 0.874. The molecule has 0 radical (unpaired) electrons. The molecule has 0 saturated carbocycles. The van der Waals surface area contributed by atoms with Crippen molar-refractivity contribution < 1.29 is 0 Å². The van der Waals surface area contributed by atoms with Crippen LogP contribution in [0.2, 0.25) is 0 Å². The third-order valence-corrected chi connectivity index (χ3v) is 1.43. The van der Waals surface area contributed by atoms with Gasteiger partial charge in [-0.1, -0.05) is 12.1 Å². The smallest absolute Gasteiger partial charge is 0.0443 e. The monoisotopic (exact) mass is 162 g/mol. The summed E-state index contributed by atoms with van der Waals surface area (Å²) >= 11 is 0. The fourth-order valence-corrected chi connectivity index (χ4v) is 0.874. The van der Waals surface area contributed by atoms with Crippen molar-refractivity contribution in [3.05, 3.63) is 29.8 Å². The van der Waals surface area contributed by atoms with E-state index in [1.807, 2.05) is 44.3 Å². The minimum absolute atomic E-state index is 0.339. The summed E-state index contributed by atoms with van der Waals surface area (Å²) < 4.78 is 0. The Balaban J connectivity index is 2.76. The molecule has 0 unspecified atom stereocenters. The Kier molecular flexibility index (Phi) is 2.86. The lowest BCUT2D eigenvalue weighted by Crippen LogP contribution is -1.91. The molecule has 0 spiro atoms. The second-order valence-electron chi connectivity index (χ2n) is 3.04. The average Bonchev–Trinajstić information content (AvgIpc) is 2.01. The van der Waals surface area contributed by atoms with Gasteiger partial charge in [0.25, 0.3) is 0 Å². The van der Waals surface area contributed by atoms with Gasteiger partial charge in [0.1, 0.15) is 0 Å². The van der Waals surface area contributed by atoms with Crippen LogP contribution in [-0.2, 0) is 0 Å². The third kappa shape index (κ3) is 2.74. The van der Waals surface area contributed by atoms with Gasteiger partial charge < -0.3 is 5.73 Å². The number of aliphatic imine (C=N–C) groups is 1. The molecule has 2 nitrogen and oxygen atoms in total. The van der Waals surface area contributed by atoms with Gasteiger partial charge in [-0.2, -0.15) is 0 Å². The summed E-state index contributed by atoms with van der Waals surface area (Å²) in [4.78, 5) is 4.26. The molecule has 0 fully saturated rings. The maximum Gasteiger partial charge on any atom is 0.0443 e. The first kappa shape index (κ1) is 8.78. The summed E-state index contributed by atoms with van der Waals surface area (Å²) in [5.74, 6) is 0. The highest BCUT2D eigenvalue weighted by Crippen LogP contribution is 2.04. The predicted octanol–water partition coefficient (Wildman–Crippen LogP) is 2.10. The van der Waals surface area contributed by atoms with Gasteiger partial charge in [0.15, 0.2) is 0 Å². The molecule has 2 N–H and O–H groups in total. The van der Waals surface area contributed by atoms with Crippen LogP contribution < -0.4 is 5.73 Å². The van der Waals surface area contributed by atoms with E-state index in [2.05, 4.69) is 4.99 Å². The van der Waals surface area contributed by atoms with Gasteiger partial charge in [0.05, 0.1) is 0 Å². The van der Waals surface area contributed by atoms with Crippen molar-refractivity contribution in [1.29, 1.82) is 0 Å². The molecule has 1 aromatic rings. The number of hydrogen-bond donors (Lipinski definition) is 1. The highest BCUT2D eigenvalue weighted by atomic mass is 14.7. The zero-order chi connectivity index (χ0) is 8.97. The number of anilines is 1. The SMILES string of the molecule is CC(C)N=Cc1cccc(N)c1. The molecule has 0 bridgehead atoms. The maximum atomic E-state index is 5.60. The Hall–Kier alpha value is -1.31. The second-order valence-corrected chi connectivity index (χ2v) is 3.04. The van der Waals surface area contributed by atoms with E-state index >= 15 is 0 Å². The molecular formula is C10H14N2. The molecule has 0 aliphatic heterocycles. The molecule has 0 atom stereocenters. The molecule has 64 valence electrons. The van der Waals surface area contributed by atoms with Crippen molar-refractivity contribution in [3.8, 4) is 0 Å². The summed E-state index contributed by atoms with van der Waals surface area (Å²) in [7, 11) is 0. The van der Waals surface area contributed by atoms with Gasteiger partial charge in [0.2, 0.25) is 0 Å². The number of nitrogens with zero attached hydrogens (tertiary/aromatic N) is 1. The number of hydrogen-bond acceptors (Lipinski definition) is 2.